The van der Waals surface area contributed by atoms with Gasteiger partial charge in [0.2, 0.25) is 5.13 Å². The van der Waals surface area contributed by atoms with E-state index in [0.29, 0.717) is 22.0 Å². The van der Waals surface area contributed by atoms with Crippen LogP contribution in [0.2, 0.25) is 0 Å². The summed E-state index contributed by atoms with van der Waals surface area (Å²) in [4.78, 5) is 19.8. The summed E-state index contributed by atoms with van der Waals surface area (Å²) >= 11 is 1.35. The highest BCUT2D eigenvalue weighted by atomic mass is 32.1. The monoisotopic (exact) mass is 483 g/mol. The van der Waals surface area contributed by atoms with Crippen molar-refractivity contribution < 1.29 is 23.1 Å². The SMILES string of the molecule is O=C(O)c1cccc(-c2ccc3c(c2)/C(=N/Nc2nc4ccccc4s2)CC(C(F)(F)F)N3)n1. The lowest BCUT2D eigenvalue weighted by atomic mass is 9.93. The van der Waals surface area contributed by atoms with E-state index in [0.717, 1.165) is 10.2 Å². The number of carbonyl (C=O) groups is 1. The Labute approximate surface area is 195 Å². The predicted octanol–water partition coefficient (Wildman–Crippen LogP) is 5.62. The molecule has 34 heavy (non-hydrogen) atoms. The number of aromatic nitrogens is 2. The average Bonchev–Trinajstić information content (AvgIpc) is 3.24. The number of pyridine rings is 1. The number of halogens is 3. The third-order valence-corrected chi connectivity index (χ3v) is 6.24. The predicted molar refractivity (Wildman–Crippen MR) is 124 cm³/mol. The molecule has 3 heterocycles. The fourth-order valence-corrected chi connectivity index (χ4v) is 4.47. The molecule has 0 aliphatic carbocycles. The van der Waals surface area contributed by atoms with E-state index in [2.05, 4.69) is 25.8 Å². The summed E-state index contributed by atoms with van der Waals surface area (Å²) in [7, 11) is 0. The molecule has 0 spiro atoms. The van der Waals surface area contributed by atoms with Crippen molar-refractivity contribution in [3.8, 4) is 11.3 Å². The van der Waals surface area contributed by atoms with E-state index >= 15 is 0 Å². The van der Waals surface area contributed by atoms with Gasteiger partial charge in [-0.3, -0.25) is 5.43 Å². The Hall–Kier alpha value is -3.99. The number of hydrazone groups is 1. The number of thiazole rings is 1. The van der Waals surface area contributed by atoms with Crippen LogP contribution in [-0.4, -0.2) is 39.0 Å². The lowest BCUT2D eigenvalue weighted by molar-refractivity contribution is -0.141. The number of alkyl halides is 3. The number of fused-ring (bicyclic) bond motifs is 2. The van der Waals surface area contributed by atoms with E-state index in [9.17, 15) is 23.1 Å². The van der Waals surface area contributed by atoms with Crippen LogP contribution in [0.5, 0.6) is 0 Å². The van der Waals surface area contributed by atoms with Crippen LogP contribution in [0.4, 0.5) is 24.0 Å². The maximum atomic E-state index is 13.6. The van der Waals surface area contributed by atoms with Gasteiger partial charge in [-0.25, -0.2) is 14.8 Å². The lowest BCUT2D eigenvalue weighted by Gasteiger charge is -2.30. The van der Waals surface area contributed by atoms with Crippen molar-refractivity contribution in [2.75, 3.05) is 10.7 Å². The van der Waals surface area contributed by atoms with Crippen LogP contribution < -0.4 is 10.7 Å². The molecule has 1 unspecified atom stereocenters. The molecule has 3 N–H and O–H groups in total. The van der Waals surface area contributed by atoms with Crippen LogP contribution >= 0.6 is 11.3 Å². The normalized spacial score (nSPS) is 16.8. The quantitative estimate of drug-likeness (QED) is 0.326. The third kappa shape index (κ3) is 4.29. The maximum Gasteiger partial charge on any atom is 0.408 e. The molecule has 2 aromatic heterocycles. The lowest BCUT2D eigenvalue weighted by Crippen LogP contribution is -2.41. The first-order valence-corrected chi connectivity index (χ1v) is 11.0. The van der Waals surface area contributed by atoms with Gasteiger partial charge in [-0.15, -0.1) is 0 Å². The topological polar surface area (TPSA) is 99.5 Å². The zero-order valence-electron chi connectivity index (χ0n) is 17.3. The van der Waals surface area contributed by atoms with Crippen LogP contribution in [0.25, 0.3) is 21.5 Å². The highest BCUT2D eigenvalue weighted by molar-refractivity contribution is 7.22. The van der Waals surface area contributed by atoms with Gasteiger partial charge in [-0.05, 0) is 36.4 Å². The standard InChI is InChI=1S/C23H16F3N5O2S/c24-23(25,26)20-11-18(30-31-22-29-16-4-1-2-7-19(16)34-22)13-10-12(8-9-15(13)28-20)14-5-3-6-17(27-14)21(32)33/h1-10,20,28H,11H2,(H,29,31)(H,32,33)/b30-18+. The van der Waals surface area contributed by atoms with Crippen molar-refractivity contribution in [1.82, 2.24) is 9.97 Å². The molecule has 0 bridgehead atoms. The first-order chi connectivity index (χ1) is 16.3. The van der Waals surface area contributed by atoms with Crippen molar-refractivity contribution in [3.63, 3.8) is 0 Å². The van der Waals surface area contributed by atoms with E-state index in [-0.39, 0.29) is 23.5 Å². The zero-order chi connectivity index (χ0) is 23.9. The van der Waals surface area contributed by atoms with Crippen molar-refractivity contribution in [3.05, 3.63) is 71.9 Å². The molecule has 2 aromatic carbocycles. The zero-order valence-corrected chi connectivity index (χ0v) is 18.1. The number of anilines is 2. The van der Waals surface area contributed by atoms with Crippen LogP contribution in [0.3, 0.4) is 0 Å². The van der Waals surface area contributed by atoms with Crippen LogP contribution in [0.15, 0.2) is 65.8 Å². The number of nitrogens with one attached hydrogen (secondary N) is 2. The summed E-state index contributed by atoms with van der Waals surface area (Å²) in [6, 6.07) is 15.0. The maximum absolute atomic E-state index is 13.6. The van der Waals surface area contributed by atoms with E-state index in [4.69, 9.17) is 0 Å². The number of carboxylic acid groups (broad SMARTS) is 1. The number of hydrogen-bond acceptors (Lipinski definition) is 7. The minimum Gasteiger partial charge on any atom is -0.477 e. The molecule has 7 nitrogen and oxygen atoms in total. The summed E-state index contributed by atoms with van der Waals surface area (Å²) in [5.74, 6) is -1.17. The van der Waals surface area contributed by atoms with Crippen molar-refractivity contribution in [2.24, 2.45) is 5.10 Å². The Morgan fingerprint density at radius 3 is 2.71 bits per heavy atom. The van der Waals surface area contributed by atoms with Gasteiger partial charge in [0.05, 0.1) is 21.6 Å². The molecular weight excluding hydrogens is 467 g/mol. The molecule has 0 amide bonds. The van der Waals surface area contributed by atoms with Gasteiger partial charge < -0.3 is 10.4 Å². The largest absolute Gasteiger partial charge is 0.477 e. The summed E-state index contributed by atoms with van der Waals surface area (Å²) < 4.78 is 41.6. The van der Waals surface area contributed by atoms with Gasteiger partial charge in [0.25, 0.3) is 0 Å². The van der Waals surface area contributed by atoms with E-state index in [1.807, 2.05) is 24.3 Å². The van der Waals surface area contributed by atoms with Gasteiger partial charge in [-0.1, -0.05) is 35.6 Å². The average molecular weight is 483 g/mol. The fraction of sp³-hybridized carbons (Fsp3) is 0.130. The summed E-state index contributed by atoms with van der Waals surface area (Å²) in [5, 5.41) is 16.5. The molecule has 1 aliphatic rings. The number of hydrogen-bond donors (Lipinski definition) is 3. The molecule has 0 fully saturated rings. The minimum atomic E-state index is -4.47. The Morgan fingerprint density at radius 1 is 1.12 bits per heavy atom. The smallest absolute Gasteiger partial charge is 0.408 e. The fourth-order valence-electron chi connectivity index (χ4n) is 3.66. The van der Waals surface area contributed by atoms with Gasteiger partial charge >= 0.3 is 12.1 Å². The minimum absolute atomic E-state index is 0.128. The van der Waals surface area contributed by atoms with Crippen molar-refractivity contribution in [2.45, 2.75) is 18.6 Å². The number of nitrogens with zero attached hydrogens (tertiary/aromatic N) is 3. The second kappa shape index (κ2) is 8.41. The van der Waals surface area contributed by atoms with Crippen LogP contribution in [-0.2, 0) is 0 Å². The summed E-state index contributed by atoms with van der Waals surface area (Å²) in [6.45, 7) is 0. The number of para-hydroxylation sites is 1. The summed E-state index contributed by atoms with van der Waals surface area (Å²) in [6.07, 6.45) is -4.86. The molecule has 172 valence electrons. The van der Waals surface area contributed by atoms with E-state index < -0.39 is 18.2 Å². The van der Waals surface area contributed by atoms with Gasteiger partial charge in [0.1, 0.15) is 11.7 Å². The molecular formula is C23H16F3N5O2S. The molecule has 1 aliphatic heterocycles. The van der Waals surface area contributed by atoms with Crippen LogP contribution in [0.1, 0.15) is 22.5 Å². The van der Waals surface area contributed by atoms with Crippen molar-refractivity contribution >= 4 is 44.1 Å². The number of rotatable bonds is 4. The Bertz CT molecular complexity index is 1400. The van der Waals surface area contributed by atoms with Gasteiger partial charge in [0, 0.05) is 23.2 Å². The number of carboxylic acids is 1. The second-order valence-corrected chi connectivity index (χ2v) is 8.60. The highest BCUT2D eigenvalue weighted by Gasteiger charge is 2.43. The van der Waals surface area contributed by atoms with Gasteiger partial charge in [0.15, 0.2) is 0 Å². The second-order valence-electron chi connectivity index (χ2n) is 7.57. The molecule has 0 saturated heterocycles. The Kier molecular flexibility index (Phi) is 5.40. The molecule has 4 aromatic rings. The molecule has 11 heteroatoms. The third-order valence-electron chi connectivity index (χ3n) is 5.30. The number of benzene rings is 2. The summed E-state index contributed by atoms with van der Waals surface area (Å²) in [5.41, 5.74) is 5.33. The first kappa shape index (κ1) is 21.8. The van der Waals surface area contributed by atoms with Gasteiger partial charge in [-0.2, -0.15) is 18.3 Å². The highest BCUT2D eigenvalue weighted by Crippen LogP contribution is 2.36. The molecule has 0 radical (unpaired) electrons. The van der Waals surface area contributed by atoms with E-state index in [1.54, 1.807) is 24.3 Å². The molecule has 5 rings (SSSR count). The molecule has 0 saturated carbocycles. The first-order valence-electron chi connectivity index (χ1n) is 10.1. The number of aromatic carboxylic acids is 1. The van der Waals surface area contributed by atoms with Crippen molar-refractivity contribution in [1.29, 1.82) is 0 Å². The van der Waals surface area contributed by atoms with Crippen LogP contribution in [0, 0.1) is 0 Å². The van der Waals surface area contributed by atoms with E-state index in [1.165, 1.54) is 23.5 Å². The Morgan fingerprint density at radius 2 is 1.94 bits per heavy atom. The molecule has 1 atom stereocenters. The Balaban J connectivity index is 1.54.